The van der Waals surface area contributed by atoms with Crippen molar-refractivity contribution in [1.82, 2.24) is 5.32 Å². The van der Waals surface area contributed by atoms with E-state index in [0.29, 0.717) is 18.0 Å². The summed E-state index contributed by atoms with van der Waals surface area (Å²) in [6.07, 6.45) is 2.47. The summed E-state index contributed by atoms with van der Waals surface area (Å²) in [5.41, 5.74) is 4.25. The molecule has 2 aromatic rings. The Bertz CT molecular complexity index is 616. The molecule has 1 N–H and O–H groups in total. The Kier molecular flexibility index (Phi) is 4.46. The van der Waals surface area contributed by atoms with Crippen molar-refractivity contribution in [3.63, 3.8) is 0 Å². The highest BCUT2D eigenvalue weighted by Gasteiger charge is 2.32. The molecule has 0 aromatic heterocycles. The van der Waals surface area contributed by atoms with E-state index >= 15 is 0 Å². The molecule has 0 bridgehead atoms. The van der Waals surface area contributed by atoms with Crippen LogP contribution in [0.25, 0.3) is 0 Å². The van der Waals surface area contributed by atoms with Gasteiger partial charge in [0, 0.05) is 16.6 Å². The minimum atomic E-state index is 0.427. The predicted octanol–water partition coefficient (Wildman–Crippen LogP) is 5.35. The number of hydrogen-bond acceptors (Lipinski definition) is 1. The van der Waals surface area contributed by atoms with Gasteiger partial charge in [-0.25, -0.2) is 0 Å². The van der Waals surface area contributed by atoms with Crippen molar-refractivity contribution in [3.05, 3.63) is 69.7 Å². The minimum absolute atomic E-state index is 0.427. The first kappa shape index (κ1) is 14.8. The van der Waals surface area contributed by atoms with Crippen LogP contribution in [-0.2, 0) is 0 Å². The van der Waals surface area contributed by atoms with Gasteiger partial charge in [-0.3, -0.25) is 0 Å². The van der Waals surface area contributed by atoms with Crippen molar-refractivity contribution in [1.29, 1.82) is 0 Å². The van der Waals surface area contributed by atoms with E-state index in [0.717, 1.165) is 0 Å². The lowest BCUT2D eigenvalue weighted by molar-refractivity contribution is 0.270. The number of hydrogen-bond donors (Lipinski definition) is 1. The molecule has 0 heterocycles. The van der Waals surface area contributed by atoms with Crippen molar-refractivity contribution >= 4 is 15.9 Å². The van der Waals surface area contributed by atoms with E-state index in [1.807, 2.05) is 0 Å². The molecule has 2 heteroatoms. The second-order valence-corrected chi connectivity index (χ2v) is 6.99. The Balaban J connectivity index is 1.58. The van der Waals surface area contributed by atoms with Crippen LogP contribution in [0.4, 0.5) is 0 Å². The van der Waals surface area contributed by atoms with Gasteiger partial charge in [0.15, 0.2) is 0 Å². The maximum Gasteiger partial charge on any atom is 0.0296 e. The van der Waals surface area contributed by atoms with Crippen LogP contribution in [0.1, 0.15) is 48.4 Å². The lowest BCUT2D eigenvalue weighted by atomic mass is 9.75. The summed E-state index contributed by atoms with van der Waals surface area (Å²) in [5.74, 6) is 0.696. The number of benzene rings is 2. The molecule has 3 rings (SSSR count). The summed E-state index contributed by atoms with van der Waals surface area (Å²) in [5, 5.41) is 3.78. The van der Waals surface area contributed by atoms with Gasteiger partial charge in [0.2, 0.25) is 0 Å². The highest BCUT2D eigenvalue weighted by molar-refractivity contribution is 9.10. The molecule has 110 valence electrons. The zero-order valence-corrected chi connectivity index (χ0v) is 14.2. The second-order valence-electron chi connectivity index (χ2n) is 6.13. The topological polar surface area (TPSA) is 12.0 Å². The van der Waals surface area contributed by atoms with Crippen LogP contribution >= 0.6 is 15.9 Å². The third kappa shape index (κ3) is 3.22. The zero-order valence-electron chi connectivity index (χ0n) is 12.6. The molecule has 0 unspecified atom stereocenters. The molecule has 1 aliphatic carbocycles. The van der Waals surface area contributed by atoms with Crippen molar-refractivity contribution in [2.75, 3.05) is 0 Å². The van der Waals surface area contributed by atoms with Crippen molar-refractivity contribution in [3.8, 4) is 0 Å². The fourth-order valence-electron chi connectivity index (χ4n) is 3.33. The Labute approximate surface area is 135 Å². The number of rotatable bonds is 4. The lowest BCUT2D eigenvalue weighted by Crippen LogP contribution is -2.41. The smallest absolute Gasteiger partial charge is 0.0296 e. The van der Waals surface area contributed by atoms with E-state index in [9.17, 15) is 0 Å². The Morgan fingerprint density at radius 2 is 1.71 bits per heavy atom. The largest absolute Gasteiger partial charge is 0.307 e. The molecule has 21 heavy (non-hydrogen) atoms. The van der Waals surface area contributed by atoms with Crippen LogP contribution in [0.3, 0.4) is 0 Å². The molecule has 0 saturated heterocycles. The minimum Gasteiger partial charge on any atom is -0.307 e. The molecule has 1 aliphatic rings. The number of halogens is 1. The Hall–Kier alpha value is -1.12. The SMILES string of the molecule is Cc1ccccc1[C@@H](C)NC1CC(c2ccccc2Br)C1. The molecule has 2 aromatic carbocycles. The molecule has 1 fully saturated rings. The summed E-state index contributed by atoms with van der Waals surface area (Å²) < 4.78 is 1.25. The zero-order chi connectivity index (χ0) is 14.8. The standard InChI is InChI=1S/C19H22BrN/c1-13-7-3-4-8-17(13)14(2)21-16-11-15(12-16)18-9-5-6-10-19(18)20/h3-10,14-16,21H,11-12H2,1-2H3/t14-,15?,16?/m1/s1. The van der Waals surface area contributed by atoms with Gasteiger partial charge in [0.25, 0.3) is 0 Å². The van der Waals surface area contributed by atoms with Crippen LogP contribution < -0.4 is 5.32 Å². The second kappa shape index (κ2) is 6.33. The van der Waals surface area contributed by atoms with E-state index in [1.54, 1.807) is 0 Å². The van der Waals surface area contributed by atoms with Crippen molar-refractivity contribution in [2.45, 2.75) is 44.7 Å². The van der Waals surface area contributed by atoms with Gasteiger partial charge in [0.1, 0.15) is 0 Å². The van der Waals surface area contributed by atoms with Crippen molar-refractivity contribution < 1.29 is 0 Å². The predicted molar refractivity (Wildman–Crippen MR) is 92.6 cm³/mol. The lowest BCUT2D eigenvalue weighted by Gasteiger charge is -2.39. The Morgan fingerprint density at radius 1 is 1.05 bits per heavy atom. The summed E-state index contributed by atoms with van der Waals surface area (Å²) in [6.45, 7) is 4.46. The number of aryl methyl sites for hydroxylation is 1. The average Bonchev–Trinajstić information content (AvgIpc) is 2.44. The monoisotopic (exact) mass is 343 g/mol. The first-order chi connectivity index (χ1) is 10.1. The maximum atomic E-state index is 3.78. The van der Waals surface area contributed by atoms with E-state index in [2.05, 4.69) is 83.6 Å². The van der Waals surface area contributed by atoms with Gasteiger partial charge in [-0.05, 0) is 55.4 Å². The van der Waals surface area contributed by atoms with E-state index in [4.69, 9.17) is 0 Å². The molecular weight excluding hydrogens is 322 g/mol. The first-order valence-corrected chi connectivity index (χ1v) is 8.50. The average molecular weight is 344 g/mol. The van der Waals surface area contributed by atoms with E-state index in [-0.39, 0.29) is 0 Å². The molecule has 0 radical (unpaired) electrons. The molecular formula is C19H22BrN. The third-order valence-electron chi connectivity index (χ3n) is 4.62. The van der Waals surface area contributed by atoms with E-state index < -0.39 is 0 Å². The van der Waals surface area contributed by atoms with Gasteiger partial charge < -0.3 is 5.32 Å². The van der Waals surface area contributed by atoms with E-state index in [1.165, 1.54) is 34.0 Å². The summed E-state index contributed by atoms with van der Waals surface area (Å²) in [4.78, 5) is 0. The quantitative estimate of drug-likeness (QED) is 0.788. The van der Waals surface area contributed by atoms with Crippen LogP contribution in [0, 0.1) is 6.92 Å². The van der Waals surface area contributed by atoms with Gasteiger partial charge >= 0.3 is 0 Å². The van der Waals surface area contributed by atoms with Crippen LogP contribution in [-0.4, -0.2) is 6.04 Å². The summed E-state index contributed by atoms with van der Waals surface area (Å²) >= 11 is 3.67. The summed E-state index contributed by atoms with van der Waals surface area (Å²) in [6, 6.07) is 18.3. The molecule has 1 saturated carbocycles. The van der Waals surface area contributed by atoms with Gasteiger partial charge in [-0.1, -0.05) is 58.4 Å². The van der Waals surface area contributed by atoms with Gasteiger partial charge in [0.05, 0.1) is 0 Å². The third-order valence-corrected chi connectivity index (χ3v) is 5.35. The number of nitrogens with one attached hydrogen (secondary N) is 1. The molecule has 0 amide bonds. The summed E-state index contributed by atoms with van der Waals surface area (Å²) in [7, 11) is 0. The Morgan fingerprint density at radius 3 is 2.43 bits per heavy atom. The van der Waals surface area contributed by atoms with Crippen molar-refractivity contribution in [2.24, 2.45) is 0 Å². The van der Waals surface area contributed by atoms with Gasteiger partial charge in [-0.15, -0.1) is 0 Å². The van der Waals surface area contributed by atoms with Gasteiger partial charge in [-0.2, -0.15) is 0 Å². The fraction of sp³-hybridized carbons (Fsp3) is 0.368. The van der Waals surface area contributed by atoms with Crippen LogP contribution in [0.2, 0.25) is 0 Å². The normalized spacial score (nSPS) is 22.6. The first-order valence-electron chi connectivity index (χ1n) is 7.71. The highest BCUT2D eigenvalue weighted by atomic mass is 79.9. The molecule has 0 spiro atoms. The van der Waals surface area contributed by atoms with Crippen LogP contribution in [0.15, 0.2) is 53.0 Å². The molecule has 0 aliphatic heterocycles. The molecule has 1 atom stereocenters. The molecule has 1 nitrogen and oxygen atoms in total. The highest BCUT2D eigenvalue weighted by Crippen LogP contribution is 2.40. The maximum absolute atomic E-state index is 3.78. The fourth-order valence-corrected chi connectivity index (χ4v) is 3.94. The van der Waals surface area contributed by atoms with Crippen LogP contribution in [0.5, 0.6) is 0 Å².